The highest BCUT2D eigenvalue weighted by atomic mass is 35.5. The number of benzene rings is 2. The summed E-state index contributed by atoms with van der Waals surface area (Å²) in [6.07, 6.45) is 7.32. The Morgan fingerprint density at radius 3 is 2.62 bits per heavy atom. The smallest absolute Gasteiger partial charge is 0.106 e. The van der Waals surface area contributed by atoms with E-state index in [1.54, 1.807) is 0 Å². The number of nitrogens with one attached hydrogen (secondary N) is 1. The van der Waals surface area contributed by atoms with Crippen LogP contribution in [0, 0.1) is 19.8 Å². The first-order valence-corrected chi connectivity index (χ1v) is 11.4. The average Bonchev–Trinajstić information content (AvgIpc) is 3.25. The fourth-order valence-corrected chi connectivity index (χ4v) is 5.68. The summed E-state index contributed by atoms with van der Waals surface area (Å²) in [5.74, 6) is 1.87. The molecule has 0 aliphatic heterocycles. The Morgan fingerprint density at radius 2 is 1.79 bits per heavy atom. The van der Waals surface area contributed by atoms with Gasteiger partial charge in [0.25, 0.3) is 0 Å². The van der Waals surface area contributed by atoms with E-state index in [1.165, 1.54) is 54.3 Å². The maximum absolute atomic E-state index is 6.16. The van der Waals surface area contributed by atoms with Crippen molar-refractivity contribution >= 4 is 22.6 Å². The second kappa shape index (κ2) is 7.77. The van der Waals surface area contributed by atoms with Crippen LogP contribution in [0.1, 0.15) is 54.2 Å². The first kappa shape index (κ1) is 19.1. The highest BCUT2D eigenvalue weighted by Crippen LogP contribution is 2.34. The lowest BCUT2D eigenvalue weighted by Gasteiger charge is -2.31. The fraction of sp³-hybridized carbons (Fsp3) is 0.480. The van der Waals surface area contributed by atoms with Gasteiger partial charge >= 0.3 is 0 Å². The predicted octanol–water partition coefficient (Wildman–Crippen LogP) is 5.79. The number of halogens is 1. The number of hydrogen-bond donors (Lipinski definition) is 1. The van der Waals surface area contributed by atoms with E-state index in [4.69, 9.17) is 16.6 Å². The van der Waals surface area contributed by atoms with E-state index in [-0.39, 0.29) is 0 Å². The van der Waals surface area contributed by atoms with Gasteiger partial charge in [0, 0.05) is 17.1 Å². The minimum absolute atomic E-state index is 0.582. The molecule has 1 N–H and O–H groups in total. The van der Waals surface area contributed by atoms with E-state index in [0.29, 0.717) is 18.0 Å². The topological polar surface area (TPSA) is 29.9 Å². The van der Waals surface area contributed by atoms with Crippen molar-refractivity contribution in [1.82, 2.24) is 14.9 Å². The van der Waals surface area contributed by atoms with Crippen LogP contribution >= 0.6 is 11.6 Å². The minimum Gasteiger partial charge on any atom is -0.325 e. The monoisotopic (exact) mass is 407 g/mol. The zero-order chi connectivity index (χ0) is 20.0. The molecule has 1 heterocycles. The Bertz CT molecular complexity index is 1030. The third kappa shape index (κ3) is 3.83. The molecule has 0 radical (unpaired) electrons. The number of fused-ring (bicyclic) bond motifs is 2. The number of nitrogens with zero attached hydrogens (tertiary/aromatic N) is 2. The van der Waals surface area contributed by atoms with E-state index in [2.05, 4.69) is 54.1 Å². The SMILES string of the molecule is Cc1ccc2c(c1)nc(C)n2[C@H]1CC[C@@H](NCC2Cc3ccc(Cl)cc3C2)CC1. The van der Waals surface area contributed by atoms with Gasteiger partial charge in [-0.3, -0.25) is 0 Å². The molecule has 3 aromatic rings. The Balaban J connectivity index is 1.17. The van der Waals surface area contributed by atoms with Gasteiger partial charge in [-0.2, -0.15) is 0 Å². The Morgan fingerprint density at radius 1 is 1.00 bits per heavy atom. The maximum atomic E-state index is 6.16. The number of aryl methyl sites for hydroxylation is 2. The van der Waals surface area contributed by atoms with Gasteiger partial charge in [0.1, 0.15) is 5.82 Å². The molecule has 0 saturated heterocycles. The molecule has 152 valence electrons. The molecule has 1 fully saturated rings. The lowest BCUT2D eigenvalue weighted by atomic mass is 9.90. The molecule has 2 aromatic carbocycles. The van der Waals surface area contributed by atoms with Gasteiger partial charge in [-0.05, 0) is 106 Å². The van der Waals surface area contributed by atoms with E-state index in [9.17, 15) is 0 Å². The Labute approximate surface area is 178 Å². The van der Waals surface area contributed by atoms with Crippen molar-refractivity contribution in [2.45, 2.75) is 64.5 Å². The molecule has 1 unspecified atom stereocenters. The summed E-state index contributed by atoms with van der Waals surface area (Å²) in [6.45, 7) is 5.42. The standard InChI is InChI=1S/C25H30ClN3/c1-16-3-10-25-24(11-16)28-17(2)29(25)23-8-6-22(7-9-23)27-15-18-12-19-4-5-21(26)14-20(19)13-18/h3-5,10-11,14,18,22-23,27H,6-9,12-13,15H2,1-2H3/t18?,22-,23+. The second-order valence-corrected chi connectivity index (χ2v) is 9.56. The van der Waals surface area contributed by atoms with Crippen molar-refractivity contribution in [3.63, 3.8) is 0 Å². The predicted molar refractivity (Wildman–Crippen MR) is 121 cm³/mol. The molecule has 4 heteroatoms. The third-order valence-electron chi connectivity index (χ3n) is 6.96. The van der Waals surface area contributed by atoms with Crippen LogP contribution in [0.25, 0.3) is 11.0 Å². The summed E-state index contributed by atoms with van der Waals surface area (Å²) >= 11 is 6.16. The molecular weight excluding hydrogens is 378 g/mol. The molecule has 3 nitrogen and oxygen atoms in total. The van der Waals surface area contributed by atoms with Crippen LogP contribution in [-0.4, -0.2) is 22.1 Å². The van der Waals surface area contributed by atoms with Gasteiger partial charge in [0.2, 0.25) is 0 Å². The van der Waals surface area contributed by atoms with E-state index < -0.39 is 0 Å². The zero-order valence-corrected chi connectivity index (χ0v) is 18.2. The van der Waals surface area contributed by atoms with Crippen LogP contribution in [0.2, 0.25) is 5.02 Å². The van der Waals surface area contributed by atoms with Crippen LogP contribution in [0.3, 0.4) is 0 Å². The van der Waals surface area contributed by atoms with Crippen molar-refractivity contribution in [2.24, 2.45) is 5.92 Å². The molecular formula is C25H30ClN3. The maximum Gasteiger partial charge on any atom is 0.106 e. The number of aromatic nitrogens is 2. The Kier molecular flexibility index (Phi) is 5.13. The first-order valence-electron chi connectivity index (χ1n) is 11.0. The van der Waals surface area contributed by atoms with Crippen LogP contribution in [0.5, 0.6) is 0 Å². The molecule has 1 saturated carbocycles. The average molecular weight is 408 g/mol. The quantitative estimate of drug-likeness (QED) is 0.592. The molecule has 0 amide bonds. The van der Waals surface area contributed by atoms with Crippen LogP contribution in [0.15, 0.2) is 36.4 Å². The second-order valence-electron chi connectivity index (χ2n) is 9.12. The van der Waals surface area contributed by atoms with Crippen molar-refractivity contribution < 1.29 is 0 Å². The molecule has 29 heavy (non-hydrogen) atoms. The van der Waals surface area contributed by atoms with Gasteiger partial charge in [-0.1, -0.05) is 23.7 Å². The third-order valence-corrected chi connectivity index (χ3v) is 7.20. The highest BCUT2D eigenvalue weighted by molar-refractivity contribution is 6.30. The molecule has 1 atom stereocenters. The number of imidazole rings is 1. The highest BCUT2D eigenvalue weighted by Gasteiger charge is 2.26. The molecule has 0 bridgehead atoms. The summed E-state index contributed by atoms with van der Waals surface area (Å²) in [7, 11) is 0. The van der Waals surface area contributed by atoms with E-state index in [1.807, 2.05) is 6.07 Å². The van der Waals surface area contributed by atoms with Gasteiger partial charge in [0.05, 0.1) is 11.0 Å². The Hall–Kier alpha value is -1.84. The van der Waals surface area contributed by atoms with Crippen molar-refractivity contribution in [2.75, 3.05) is 6.54 Å². The summed E-state index contributed by atoms with van der Waals surface area (Å²) in [5.41, 5.74) is 6.66. The van der Waals surface area contributed by atoms with Crippen LogP contribution < -0.4 is 5.32 Å². The molecule has 5 rings (SSSR count). The van der Waals surface area contributed by atoms with Crippen LogP contribution in [-0.2, 0) is 12.8 Å². The lowest BCUT2D eigenvalue weighted by molar-refractivity contribution is 0.283. The fourth-order valence-electron chi connectivity index (χ4n) is 5.48. The molecule has 0 spiro atoms. The minimum atomic E-state index is 0.582. The molecule has 2 aliphatic rings. The number of rotatable bonds is 4. The summed E-state index contributed by atoms with van der Waals surface area (Å²) in [4.78, 5) is 4.82. The van der Waals surface area contributed by atoms with Gasteiger partial charge in [-0.25, -0.2) is 4.98 Å². The van der Waals surface area contributed by atoms with Crippen molar-refractivity contribution in [3.05, 3.63) is 63.9 Å². The summed E-state index contributed by atoms with van der Waals surface area (Å²) < 4.78 is 2.49. The van der Waals surface area contributed by atoms with Crippen LogP contribution in [0.4, 0.5) is 0 Å². The van der Waals surface area contributed by atoms with Gasteiger partial charge < -0.3 is 9.88 Å². The number of hydrogen-bond acceptors (Lipinski definition) is 2. The van der Waals surface area contributed by atoms with Gasteiger partial charge in [-0.15, -0.1) is 0 Å². The van der Waals surface area contributed by atoms with E-state index in [0.717, 1.165) is 29.3 Å². The normalized spacial score (nSPS) is 24.2. The lowest BCUT2D eigenvalue weighted by Crippen LogP contribution is -2.37. The molecule has 2 aliphatic carbocycles. The summed E-state index contributed by atoms with van der Waals surface area (Å²) in [5, 5.41) is 4.75. The molecule has 1 aromatic heterocycles. The van der Waals surface area contributed by atoms with Crippen molar-refractivity contribution in [1.29, 1.82) is 0 Å². The zero-order valence-electron chi connectivity index (χ0n) is 17.4. The van der Waals surface area contributed by atoms with Crippen molar-refractivity contribution in [3.8, 4) is 0 Å². The summed E-state index contributed by atoms with van der Waals surface area (Å²) in [6, 6.07) is 14.3. The largest absolute Gasteiger partial charge is 0.325 e. The van der Waals surface area contributed by atoms with Gasteiger partial charge in [0.15, 0.2) is 0 Å². The van der Waals surface area contributed by atoms with E-state index >= 15 is 0 Å². The first-order chi connectivity index (χ1) is 14.1.